The molecular formula is C2H10Cl2OSi. The van der Waals surface area contributed by atoms with Gasteiger partial charge in [-0.3, -0.25) is 0 Å². The monoisotopic (exact) mass is 148 g/mol. The molecule has 1 nitrogen and oxygen atoms in total. The Morgan fingerprint density at radius 2 is 1.67 bits per heavy atom. The van der Waals surface area contributed by atoms with Crippen LogP contribution in [0.25, 0.3) is 0 Å². The number of halogens is 2. The Kier molecular flexibility index (Phi) is 45.3. The summed E-state index contributed by atoms with van der Waals surface area (Å²) >= 11 is 0. The Labute approximate surface area is 53.8 Å². The summed E-state index contributed by atoms with van der Waals surface area (Å²) < 4.78 is 4.68. The van der Waals surface area contributed by atoms with Crippen molar-refractivity contribution in [3.8, 4) is 0 Å². The summed E-state index contributed by atoms with van der Waals surface area (Å²) in [4.78, 5) is 0. The highest BCUT2D eigenvalue weighted by atomic mass is 35.5. The Hall–Kier alpha value is 0.757. The molecule has 0 unspecified atom stereocenters. The minimum absolute atomic E-state index is 0. The average Bonchev–Trinajstić information content (AvgIpc) is 1.37. The maximum absolute atomic E-state index is 4.68. The predicted molar refractivity (Wildman–Crippen MR) is 36.1 cm³/mol. The van der Waals surface area contributed by atoms with Gasteiger partial charge in [-0.15, -0.1) is 24.8 Å². The first-order chi connectivity index (χ1) is 1.91. The third kappa shape index (κ3) is 21.8. The van der Waals surface area contributed by atoms with Crippen molar-refractivity contribution in [3.05, 3.63) is 0 Å². The van der Waals surface area contributed by atoms with Gasteiger partial charge in [-0.05, 0) is 6.92 Å². The van der Waals surface area contributed by atoms with Gasteiger partial charge < -0.3 is 4.43 Å². The van der Waals surface area contributed by atoms with E-state index in [1.807, 2.05) is 6.92 Å². The van der Waals surface area contributed by atoms with Crippen molar-refractivity contribution in [3.63, 3.8) is 0 Å². The van der Waals surface area contributed by atoms with Crippen LogP contribution in [0.5, 0.6) is 0 Å². The van der Waals surface area contributed by atoms with E-state index in [1.165, 1.54) is 0 Å². The fraction of sp³-hybridized carbons (Fsp3) is 1.00. The molecule has 42 valence electrons. The van der Waals surface area contributed by atoms with Crippen LogP contribution < -0.4 is 0 Å². The molecule has 0 aliphatic rings. The van der Waals surface area contributed by atoms with Gasteiger partial charge in [-0.1, -0.05) is 0 Å². The van der Waals surface area contributed by atoms with Crippen molar-refractivity contribution in [2.45, 2.75) is 6.92 Å². The maximum atomic E-state index is 4.68. The minimum atomic E-state index is 0. The minimum Gasteiger partial charge on any atom is -0.428 e. The molecule has 0 spiro atoms. The molecular weight excluding hydrogens is 139 g/mol. The lowest BCUT2D eigenvalue weighted by molar-refractivity contribution is 0.375. The molecule has 0 amide bonds. The Morgan fingerprint density at radius 1 is 1.50 bits per heavy atom. The van der Waals surface area contributed by atoms with Gasteiger partial charge in [0.15, 0.2) is 0 Å². The smallest absolute Gasteiger partial charge is 0.145 e. The molecule has 0 bridgehead atoms. The molecule has 0 radical (unpaired) electrons. The van der Waals surface area contributed by atoms with E-state index < -0.39 is 0 Å². The van der Waals surface area contributed by atoms with Gasteiger partial charge in [-0.2, -0.15) is 0 Å². The third-order valence-electron chi connectivity index (χ3n) is 0.289. The fourth-order valence-corrected chi connectivity index (χ4v) is 0. The summed E-state index contributed by atoms with van der Waals surface area (Å²) in [7, 11) is 0.890. The first-order valence-electron chi connectivity index (χ1n) is 1.40. The van der Waals surface area contributed by atoms with Crippen molar-refractivity contribution in [1.29, 1.82) is 0 Å². The second-order valence-corrected chi connectivity index (χ2v) is 1.15. The van der Waals surface area contributed by atoms with Gasteiger partial charge in [-0.25, -0.2) is 0 Å². The van der Waals surface area contributed by atoms with Gasteiger partial charge in [0.05, 0.1) is 0 Å². The largest absolute Gasteiger partial charge is 0.428 e. The molecule has 0 aliphatic carbocycles. The van der Waals surface area contributed by atoms with Crippen LogP contribution in [0.2, 0.25) is 0 Å². The van der Waals surface area contributed by atoms with Crippen LogP contribution in [0, 0.1) is 0 Å². The van der Waals surface area contributed by atoms with Crippen molar-refractivity contribution in [1.82, 2.24) is 0 Å². The van der Waals surface area contributed by atoms with E-state index in [-0.39, 0.29) is 24.8 Å². The summed E-state index contributed by atoms with van der Waals surface area (Å²) in [6, 6.07) is 0. The fourth-order valence-electron chi connectivity index (χ4n) is 0. The summed E-state index contributed by atoms with van der Waals surface area (Å²) in [6.07, 6.45) is 0. The summed E-state index contributed by atoms with van der Waals surface area (Å²) in [5.41, 5.74) is 0. The summed E-state index contributed by atoms with van der Waals surface area (Å²) in [5.74, 6) is 0. The van der Waals surface area contributed by atoms with Crippen molar-refractivity contribution >= 4 is 35.3 Å². The van der Waals surface area contributed by atoms with Crippen LogP contribution in [-0.2, 0) is 4.43 Å². The predicted octanol–water partition coefficient (Wildman–Crippen LogP) is 0.147. The molecule has 0 saturated heterocycles. The molecule has 0 atom stereocenters. The van der Waals surface area contributed by atoms with Crippen LogP contribution >= 0.6 is 24.8 Å². The molecule has 0 aromatic carbocycles. The summed E-state index contributed by atoms with van der Waals surface area (Å²) in [6.45, 7) is 2.87. The van der Waals surface area contributed by atoms with Crippen molar-refractivity contribution in [2.24, 2.45) is 0 Å². The Bertz CT molecular complexity index is 13.5. The van der Waals surface area contributed by atoms with Gasteiger partial charge in [0.2, 0.25) is 0 Å². The molecule has 0 aliphatic heterocycles. The molecule has 0 heterocycles. The van der Waals surface area contributed by atoms with E-state index in [2.05, 4.69) is 4.43 Å². The summed E-state index contributed by atoms with van der Waals surface area (Å²) in [5, 5.41) is 0. The number of hydrogen-bond acceptors (Lipinski definition) is 1. The molecule has 0 saturated carbocycles. The van der Waals surface area contributed by atoms with Gasteiger partial charge in [0.25, 0.3) is 0 Å². The number of rotatable bonds is 1. The zero-order valence-electron chi connectivity index (χ0n) is 3.93. The molecule has 0 aromatic heterocycles. The Balaban J connectivity index is -0.0000000450. The highest BCUT2D eigenvalue weighted by molar-refractivity contribution is 5.97. The first-order valence-corrected chi connectivity index (χ1v) is 2.22. The topological polar surface area (TPSA) is 9.23 Å². The van der Waals surface area contributed by atoms with Crippen LogP contribution in [0.1, 0.15) is 6.92 Å². The second-order valence-electron chi connectivity index (χ2n) is 0.577. The van der Waals surface area contributed by atoms with Crippen molar-refractivity contribution < 1.29 is 4.43 Å². The van der Waals surface area contributed by atoms with E-state index in [9.17, 15) is 0 Å². The van der Waals surface area contributed by atoms with E-state index in [0.717, 1.165) is 17.1 Å². The molecule has 0 aromatic rings. The van der Waals surface area contributed by atoms with Crippen LogP contribution in [0.15, 0.2) is 0 Å². The molecule has 0 fully saturated rings. The lowest BCUT2D eigenvalue weighted by Crippen LogP contribution is -1.76. The lowest BCUT2D eigenvalue weighted by atomic mass is 10.9. The quantitative estimate of drug-likeness (QED) is 0.482. The van der Waals surface area contributed by atoms with E-state index >= 15 is 0 Å². The molecule has 0 rings (SSSR count). The van der Waals surface area contributed by atoms with Gasteiger partial charge in [0, 0.05) is 6.61 Å². The van der Waals surface area contributed by atoms with E-state index in [0.29, 0.717) is 0 Å². The van der Waals surface area contributed by atoms with Gasteiger partial charge in [0.1, 0.15) is 10.5 Å². The van der Waals surface area contributed by atoms with E-state index in [1.54, 1.807) is 0 Å². The zero-order chi connectivity index (χ0) is 3.41. The van der Waals surface area contributed by atoms with E-state index in [4.69, 9.17) is 0 Å². The molecule has 6 heavy (non-hydrogen) atoms. The van der Waals surface area contributed by atoms with Crippen LogP contribution in [-0.4, -0.2) is 17.1 Å². The molecule has 4 heteroatoms. The number of hydrogen-bond donors (Lipinski definition) is 0. The SMILES string of the molecule is CCO[SiH3].Cl.Cl. The first kappa shape index (κ1) is 15.9. The molecule has 0 N–H and O–H groups in total. The third-order valence-corrected chi connectivity index (χ3v) is 0.866. The highest BCUT2D eigenvalue weighted by Gasteiger charge is 1.51. The normalized spacial score (nSPS) is 5.50. The van der Waals surface area contributed by atoms with Crippen LogP contribution in [0.4, 0.5) is 0 Å². The standard InChI is InChI=1S/C2H8OSi.2ClH/c1-2-3-4;;/h2H2,1,4H3;2*1H. The lowest BCUT2D eigenvalue weighted by Gasteiger charge is -1.77. The second kappa shape index (κ2) is 17.1. The van der Waals surface area contributed by atoms with Crippen molar-refractivity contribution in [2.75, 3.05) is 6.61 Å². The maximum Gasteiger partial charge on any atom is 0.145 e. The highest BCUT2D eigenvalue weighted by Crippen LogP contribution is 1.50. The van der Waals surface area contributed by atoms with Gasteiger partial charge >= 0.3 is 0 Å². The van der Waals surface area contributed by atoms with Crippen LogP contribution in [0.3, 0.4) is 0 Å². The average molecular weight is 149 g/mol. The Morgan fingerprint density at radius 3 is 1.67 bits per heavy atom. The zero-order valence-corrected chi connectivity index (χ0v) is 7.56.